The normalized spacial score (nSPS) is 11.3. The number of nitrogens with zero attached hydrogens (tertiary/aromatic N) is 1. The van der Waals surface area contributed by atoms with Crippen LogP contribution in [0, 0.1) is 11.3 Å². The molecule has 0 amide bonds. The number of carbonyl (C=O) groups excluding carboxylic acids is 1. The Kier molecular flexibility index (Phi) is 4.67. The Balaban J connectivity index is 2.79. The molecular weight excluding hydrogens is 226 g/mol. The van der Waals surface area contributed by atoms with E-state index in [1.54, 1.807) is 23.9 Å². The minimum absolute atomic E-state index is 0.630. The minimum Gasteiger partial charge on any atom is -0.438 e. The van der Waals surface area contributed by atoms with Crippen molar-refractivity contribution in [2.75, 3.05) is 13.4 Å². The fourth-order valence-electron chi connectivity index (χ4n) is 1.09. The van der Waals surface area contributed by atoms with Gasteiger partial charge in [-0.2, -0.15) is 5.26 Å². The zero-order chi connectivity index (χ0) is 12.0. The van der Waals surface area contributed by atoms with Crippen LogP contribution in [0.2, 0.25) is 0 Å². The number of ether oxygens (including phenoxy) is 2. The third-order valence-corrected chi connectivity index (χ3v) is 2.66. The van der Waals surface area contributed by atoms with Crippen molar-refractivity contribution >= 4 is 17.9 Å². The van der Waals surface area contributed by atoms with Crippen LogP contribution >= 0.6 is 11.8 Å². The van der Waals surface area contributed by atoms with E-state index >= 15 is 0 Å². The predicted molar refractivity (Wildman–Crippen MR) is 60.1 cm³/mol. The van der Waals surface area contributed by atoms with E-state index in [-0.39, 0.29) is 0 Å². The first-order valence-corrected chi connectivity index (χ1v) is 5.72. The molecule has 0 saturated carbocycles. The Bertz CT molecular complexity index is 397. The lowest BCUT2D eigenvalue weighted by atomic mass is 10.1. The molecule has 0 aliphatic rings. The monoisotopic (exact) mass is 237 g/mol. The Morgan fingerprint density at radius 2 is 2.06 bits per heavy atom. The lowest BCUT2D eigenvalue weighted by Crippen LogP contribution is -2.09. The van der Waals surface area contributed by atoms with Crippen LogP contribution in [0.4, 0.5) is 4.79 Å². The minimum atomic E-state index is -0.927. The molecule has 0 heterocycles. The van der Waals surface area contributed by atoms with Gasteiger partial charge in [0.25, 0.3) is 0 Å². The molecule has 0 aliphatic carbocycles. The number of benzene rings is 1. The summed E-state index contributed by atoms with van der Waals surface area (Å²) in [5.41, 5.74) is 0.630. The van der Waals surface area contributed by atoms with Crippen molar-refractivity contribution < 1.29 is 14.3 Å². The van der Waals surface area contributed by atoms with E-state index < -0.39 is 12.3 Å². The zero-order valence-corrected chi connectivity index (χ0v) is 9.78. The molecule has 0 spiro atoms. The summed E-state index contributed by atoms with van der Waals surface area (Å²) in [7, 11) is 1.20. The lowest BCUT2D eigenvalue weighted by Gasteiger charge is -2.10. The summed E-state index contributed by atoms with van der Waals surface area (Å²) in [6.07, 6.45) is 0.172. The number of carbonyl (C=O) groups is 1. The molecule has 0 unspecified atom stereocenters. The van der Waals surface area contributed by atoms with Crippen LogP contribution in [0.1, 0.15) is 11.7 Å². The maximum atomic E-state index is 10.9. The largest absolute Gasteiger partial charge is 0.509 e. The molecule has 1 aromatic carbocycles. The summed E-state index contributed by atoms with van der Waals surface area (Å²) >= 11 is 1.60. The molecule has 0 saturated heterocycles. The first kappa shape index (κ1) is 12.4. The molecule has 5 heteroatoms. The van der Waals surface area contributed by atoms with E-state index in [1.807, 2.05) is 24.5 Å². The van der Waals surface area contributed by atoms with E-state index in [1.165, 1.54) is 7.11 Å². The van der Waals surface area contributed by atoms with Crippen molar-refractivity contribution in [2.24, 2.45) is 0 Å². The summed E-state index contributed by atoms with van der Waals surface area (Å²) in [6.45, 7) is 0. The van der Waals surface area contributed by atoms with Gasteiger partial charge in [-0.25, -0.2) is 4.79 Å². The molecule has 0 bridgehead atoms. The number of thioether (sulfide) groups is 1. The smallest absolute Gasteiger partial charge is 0.438 e. The second-order valence-electron chi connectivity index (χ2n) is 2.85. The van der Waals surface area contributed by atoms with E-state index in [0.29, 0.717) is 5.56 Å². The van der Waals surface area contributed by atoms with Gasteiger partial charge in [0.05, 0.1) is 7.11 Å². The molecule has 4 nitrogen and oxygen atoms in total. The molecule has 0 N–H and O–H groups in total. The first-order chi connectivity index (χ1) is 7.71. The maximum absolute atomic E-state index is 10.9. The van der Waals surface area contributed by atoms with Gasteiger partial charge in [-0.15, -0.1) is 11.8 Å². The Morgan fingerprint density at radius 1 is 1.44 bits per heavy atom. The third kappa shape index (κ3) is 3.17. The summed E-state index contributed by atoms with van der Waals surface area (Å²) in [4.78, 5) is 12.0. The highest BCUT2D eigenvalue weighted by Crippen LogP contribution is 2.21. The van der Waals surface area contributed by atoms with Crippen LogP contribution in [-0.4, -0.2) is 19.5 Å². The highest BCUT2D eigenvalue weighted by molar-refractivity contribution is 7.98. The average Bonchev–Trinajstić information content (AvgIpc) is 2.35. The molecule has 84 valence electrons. The van der Waals surface area contributed by atoms with Crippen LogP contribution in [0.5, 0.6) is 0 Å². The molecule has 16 heavy (non-hydrogen) atoms. The second kappa shape index (κ2) is 6.03. The van der Waals surface area contributed by atoms with Gasteiger partial charge in [-0.1, -0.05) is 12.1 Å². The topological polar surface area (TPSA) is 59.3 Å². The van der Waals surface area contributed by atoms with E-state index in [4.69, 9.17) is 10.00 Å². The van der Waals surface area contributed by atoms with Crippen LogP contribution in [-0.2, 0) is 9.47 Å². The van der Waals surface area contributed by atoms with Gasteiger partial charge in [0.15, 0.2) is 0 Å². The van der Waals surface area contributed by atoms with E-state index in [0.717, 1.165) is 4.90 Å². The van der Waals surface area contributed by atoms with Gasteiger partial charge in [0.1, 0.15) is 6.07 Å². The van der Waals surface area contributed by atoms with Crippen LogP contribution in [0.3, 0.4) is 0 Å². The summed E-state index contributed by atoms with van der Waals surface area (Å²) in [6, 6.07) is 9.13. The Morgan fingerprint density at radius 3 is 2.50 bits per heavy atom. The molecule has 1 rings (SSSR count). The van der Waals surface area contributed by atoms with Crippen molar-refractivity contribution in [1.29, 1.82) is 5.26 Å². The summed E-state index contributed by atoms with van der Waals surface area (Å²) < 4.78 is 9.11. The maximum Gasteiger partial charge on any atom is 0.509 e. The number of methoxy groups -OCH3 is 1. The molecule has 1 atom stereocenters. The van der Waals surface area contributed by atoms with Crippen molar-refractivity contribution in [3.8, 4) is 6.07 Å². The van der Waals surface area contributed by atoms with Gasteiger partial charge < -0.3 is 9.47 Å². The van der Waals surface area contributed by atoms with Gasteiger partial charge >= 0.3 is 6.16 Å². The molecule has 0 aliphatic heterocycles. The standard InChI is InChI=1S/C11H11NO3S/c1-14-11(13)15-10(7-12)8-3-5-9(16-2)6-4-8/h3-6,10H,1-2H3/t10-/m0/s1. The third-order valence-electron chi connectivity index (χ3n) is 1.92. The van der Waals surface area contributed by atoms with Crippen molar-refractivity contribution in [3.05, 3.63) is 29.8 Å². The quantitative estimate of drug-likeness (QED) is 0.597. The first-order valence-electron chi connectivity index (χ1n) is 4.49. The lowest BCUT2D eigenvalue weighted by molar-refractivity contribution is 0.0543. The predicted octanol–water partition coefficient (Wildman–Crippen LogP) is 2.76. The zero-order valence-electron chi connectivity index (χ0n) is 8.97. The van der Waals surface area contributed by atoms with Crippen LogP contribution < -0.4 is 0 Å². The van der Waals surface area contributed by atoms with Crippen molar-refractivity contribution in [3.63, 3.8) is 0 Å². The Labute approximate surface area is 98.2 Å². The number of rotatable bonds is 3. The second-order valence-corrected chi connectivity index (χ2v) is 3.73. The number of hydrogen-bond donors (Lipinski definition) is 0. The van der Waals surface area contributed by atoms with Gasteiger partial charge in [-0.3, -0.25) is 0 Å². The van der Waals surface area contributed by atoms with Crippen LogP contribution in [0.25, 0.3) is 0 Å². The van der Waals surface area contributed by atoms with Gasteiger partial charge in [0.2, 0.25) is 6.10 Å². The fourth-order valence-corrected chi connectivity index (χ4v) is 1.50. The van der Waals surface area contributed by atoms with Crippen molar-refractivity contribution in [2.45, 2.75) is 11.0 Å². The SMILES string of the molecule is COC(=O)O[C@@H](C#N)c1ccc(SC)cc1. The highest BCUT2D eigenvalue weighted by atomic mass is 32.2. The number of nitriles is 1. The Hall–Kier alpha value is -1.67. The van der Waals surface area contributed by atoms with Gasteiger partial charge in [-0.05, 0) is 18.4 Å². The summed E-state index contributed by atoms with van der Waals surface area (Å²) in [5.74, 6) is 0. The van der Waals surface area contributed by atoms with Crippen LogP contribution in [0.15, 0.2) is 29.2 Å². The number of hydrogen-bond acceptors (Lipinski definition) is 5. The van der Waals surface area contributed by atoms with E-state index in [2.05, 4.69) is 4.74 Å². The summed E-state index contributed by atoms with van der Waals surface area (Å²) in [5, 5.41) is 8.86. The fraction of sp³-hybridized carbons (Fsp3) is 0.273. The van der Waals surface area contributed by atoms with E-state index in [9.17, 15) is 4.79 Å². The van der Waals surface area contributed by atoms with Gasteiger partial charge in [0, 0.05) is 10.5 Å². The molecule has 0 radical (unpaired) electrons. The van der Waals surface area contributed by atoms with Crippen molar-refractivity contribution in [1.82, 2.24) is 0 Å². The molecule has 0 fully saturated rings. The molecule has 1 aromatic rings. The molecular formula is C11H11NO3S. The molecule has 0 aromatic heterocycles. The average molecular weight is 237 g/mol. The highest BCUT2D eigenvalue weighted by Gasteiger charge is 2.15.